The van der Waals surface area contributed by atoms with Crippen LogP contribution < -0.4 is 5.46 Å². The molecule has 3 rings (SSSR count). The van der Waals surface area contributed by atoms with Gasteiger partial charge in [-0.1, -0.05) is 26.8 Å². The SMILES string of the molecule is CPC1CN(C(=O)c2ccc3c(c2)COB3O)CC1C(C)(C)C. The Morgan fingerprint density at radius 2 is 2.13 bits per heavy atom. The smallest absolute Gasteiger partial charge is 0.423 e. The van der Waals surface area contributed by atoms with Crippen LogP contribution in [0, 0.1) is 11.3 Å². The molecule has 1 amide bonds. The minimum Gasteiger partial charge on any atom is -0.423 e. The van der Waals surface area contributed by atoms with Crippen LogP contribution in [-0.4, -0.2) is 48.4 Å². The van der Waals surface area contributed by atoms with Crippen LogP contribution >= 0.6 is 8.58 Å². The second-order valence-corrected chi connectivity index (χ2v) is 8.97. The minimum absolute atomic E-state index is 0.101. The Kier molecular flexibility index (Phi) is 4.57. The molecule has 0 radical (unpaired) electrons. The van der Waals surface area contributed by atoms with E-state index in [4.69, 9.17) is 4.65 Å². The number of nitrogens with zero attached hydrogens (tertiary/aromatic N) is 1. The molecule has 1 aromatic carbocycles. The average molecular weight is 333 g/mol. The highest BCUT2D eigenvalue weighted by Gasteiger charge is 2.41. The molecule has 1 fully saturated rings. The highest BCUT2D eigenvalue weighted by atomic mass is 31.1. The van der Waals surface area contributed by atoms with Crippen LogP contribution in [0.25, 0.3) is 0 Å². The van der Waals surface area contributed by atoms with Crippen LogP contribution in [0.2, 0.25) is 0 Å². The number of fused-ring (bicyclic) bond motifs is 1. The average Bonchev–Trinajstić information content (AvgIpc) is 3.10. The highest BCUT2D eigenvalue weighted by molar-refractivity contribution is 7.38. The Morgan fingerprint density at radius 3 is 2.74 bits per heavy atom. The zero-order valence-electron chi connectivity index (χ0n) is 14.3. The Bertz CT molecular complexity index is 616. The van der Waals surface area contributed by atoms with Gasteiger partial charge in [0, 0.05) is 18.7 Å². The summed E-state index contributed by atoms with van der Waals surface area (Å²) in [5, 5.41) is 9.70. The van der Waals surface area contributed by atoms with E-state index in [0.29, 0.717) is 23.7 Å². The lowest BCUT2D eigenvalue weighted by atomic mass is 9.79. The van der Waals surface area contributed by atoms with Crippen LogP contribution in [-0.2, 0) is 11.3 Å². The summed E-state index contributed by atoms with van der Waals surface area (Å²) in [4.78, 5) is 14.9. The second kappa shape index (κ2) is 6.20. The molecule has 0 spiro atoms. The summed E-state index contributed by atoms with van der Waals surface area (Å²) in [6, 6.07) is 5.50. The summed E-state index contributed by atoms with van der Waals surface area (Å²) in [5.41, 5.74) is 3.22. The third-order valence-electron chi connectivity index (χ3n) is 5.14. The van der Waals surface area contributed by atoms with E-state index in [1.165, 1.54) is 0 Å². The number of likely N-dealkylation sites (tertiary alicyclic amines) is 1. The Hall–Kier alpha value is -0.895. The number of rotatable bonds is 2. The van der Waals surface area contributed by atoms with Gasteiger partial charge < -0.3 is 14.6 Å². The quantitative estimate of drug-likeness (QED) is 0.662. The fourth-order valence-corrected chi connectivity index (χ4v) is 5.10. The molecule has 6 heteroatoms. The number of benzene rings is 1. The molecule has 0 aliphatic carbocycles. The van der Waals surface area contributed by atoms with Crippen molar-refractivity contribution in [3.63, 3.8) is 0 Å². The molecule has 1 N–H and O–H groups in total. The summed E-state index contributed by atoms with van der Waals surface area (Å²) >= 11 is 0. The van der Waals surface area contributed by atoms with Gasteiger partial charge in [0.15, 0.2) is 0 Å². The maximum atomic E-state index is 12.9. The molecule has 2 aliphatic heterocycles. The van der Waals surface area contributed by atoms with Crippen LogP contribution in [0.15, 0.2) is 18.2 Å². The maximum absolute atomic E-state index is 12.9. The van der Waals surface area contributed by atoms with E-state index < -0.39 is 7.12 Å². The Balaban J connectivity index is 1.79. The number of carbonyl (C=O) groups excluding carboxylic acids is 1. The monoisotopic (exact) mass is 333 g/mol. The molecule has 2 aliphatic rings. The second-order valence-electron chi connectivity index (χ2n) is 7.65. The fourth-order valence-electron chi connectivity index (χ4n) is 3.69. The van der Waals surface area contributed by atoms with Gasteiger partial charge in [-0.15, -0.1) is 8.58 Å². The summed E-state index contributed by atoms with van der Waals surface area (Å²) in [6.45, 7) is 11.1. The molecule has 2 heterocycles. The van der Waals surface area contributed by atoms with Crippen LogP contribution in [0.4, 0.5) is 0 Å². The van der Waals surface area contributed by atoms with Crippen molar-refractivity contribution in [1.82, 2.24) is 4.90 Å². The molecular formula is C17H25BNO3P. The first-order chi connectivity index (χ1) is 10.8. The minimum atomic E-state index is -0.850. The molecule has 3 atom stereocenters. The Morgan fingerprint density at radius 1 is 1.39 bits per heavy atom. The molecule has 124 valence electrons. The molecule has 0 saturated carbocycles. The molecule has 1 aromatic rings. The molecule has 23 heavy (non-hydrogen) atoms. The van der Waals surface area contributed by atoms with Crippen molar-refractivity contribution in [2.45, 2.75) is 33.0 Å². The summed E-state index contributed by atoms with van der Waals surface area (Å²) in [6.07, 6.45) is 0. The van der Waals surface area contributed by atoms with E-state index in [0.717, 1.165) is 32.7 Å². The first-order valence-electron chi connectivity index (χ1n) is 8.20. The van der Waals surface area contributed by atoms with Crippen LogP contribution in [0.1, 0.15) is 36.7 Å². The van der Waals surface area contributed by atoms with Gasteiger partial charge in [0.2, 0.25) is 0 Å². The molecule has 1 saturated heterocycles. The van der Waals surface area contributed by atoms with Crippen molar-refractivity contribution in [3.8, 4) is 0 Å². The Labute approximate surface area is 140 Å². The van der Waals surface area contributed by atoms with E-state index in [-0.39, 0.29) is 11.3 Å². The van der Waals surface area contributed by atoms with Gasteiger partial charge in [-0.2, -0.15) is 0 Å². The van der Waals surface area contributed by atoms with Crippen molar-refractivity contribution >= 4 is 27.1 Å². The van der Waals surface area contributed by atoms with Crippen molar-refractivity contribution in [2.75, 3.05) is 19.8 Å². The lowest BCUT2D eigenvalue weighted by Gasteiger charge is -2.30. The molecule has 0 aromatic heterocycles. The van der Waals surface area contributed by atoms with E-state index in [1.807, 2.05) is 23.1 Å². The normalized spacial score (nSPS) is 24.7. The molecular weight excluding hydrogens is 308 g/mol. The van der Waals surface area contributed by atoms with Gasteiger partial charge in [-0.25, -0.2) is 0 Å². The molecule has 3 unspecified atom stereocenters. The zero-order valence-corrected chi connectivity index (χ0v) is 15.3. The van der Waals surface area contributed by atoms with E-state index in [9.17, 15) is 9.82 Å². The van der Waals surface area contributed by atoms with Gasteiger partial charge in [0.25, 0.3) is 5.91 Å². The first-order valence-corrected chi connectivity index (χ1v) is 9.78. The lowest BCUT2D eigenvalue weighted by molar-refractivity contribution is 0.0776. The standard InChI is InChI=1S/C17H25BNO3P/c1-17(2,3)13-8-19(9-15(13)23-4)16(20)11-5-6-14-12(7-11)10-22-18(14)21/h5-7,13,15,21,23H,8-10H2,1-4H3. The maximum Gasteiger partial charge on any atom is 0.491 e. The van der Waals surface area contributed by atoms with Crippen molar-refractivity contribution in [1.29, 1.82) is 0 Å². The summed E-state index contributed by atoms with van der Waals surface area (Å²) in [7, 11) is 0.00694. The van der Waals surface area contributed by atoms with Crippen LogP contribution in [0.5, 0.6) is 0 Å². The predicted octanol–water partition coefficient (Wildman–Crippen LogP) is 1.70. The zero-order chi connectivity index (χ0) is 16.8. The topological polar surface area (TPSA) is 49.8 Å². The summed E-state index contributed by atoms with van der Waals surface area (Å²) in [5.74, 6) is 0.651. The third kappa shape index (κ3) is 3.19. The largest absolute Gasteiger partial charge is 0.491 e. The lowest BCUT2D eigenvalue weighted by Crippen LogP contribution is -2.32. The number of hydrogen-bond acceptors (Lipinski definition) is 3. The van der Waals surface area contributed by atoms with Gasteiger partial charge in [0.05, 0.1) is 6.61 Å². The predicted molar refractivity (Wildman–Crippen MR) is 95.7 cm³/mol. The van der Waals surface area contributed by atoms with Gasteiger partial charge in [0.1, 0.15) is 0 Å². The van der Waals surface area contributed by atoms with Crippen LogP contribution in [0.3, 0.4) is 0 Å². The number of hydrogen-bond donors (Lipinski definition) is 1. The van der Waals surface area contributed by atoms with Crippen molar-refractivity contribution in [2.24, 2.45) is 11.3 Å². The van der Waals surface area contributed by atoms with Gasteiger partial charge in [-0.3, -0.25) is 4.79 Å². The first kappa shape index (κ1) is 16.9. The summed E-state index contributed by atoms with van der Waals surface area (Å²) < 4.78 is 5.21. The number of amides is 1. The highest BCUT2D eigenvalue weighted by Crippen LogP contribution is 2.41. The van der Waals surface area contributed by atoms with E-state index in [1.54, 1.807) is 0 Å². The fraction of sp³-hybridized carbons (Fsp3) is 0.588. The molecule has 0 bridgehead atoms. The van der Waals surface area contributed by atoms with E-state index in [2.05, 4.69) is 27.4 Å². The van der Waals surface area contributed by atoms with Gasteiger partial charge in [-0.05, 0) is 46.8 Å². The number of carbonyl (C=O) groups is 1. The van der Waals surface area contributed by atoms with Gasteiger partial charge >= 0.3 is 7.12 Å². The van der Waals surface area contributed by atoms with Crippen molar-refractivity contribution < 1.29 is 14.5 Å². The molecule has 4 nitrogen and oxygen atoms in total. The van der Waals surface area contributed by atoms with Crippen molar-refractivity contribution in [3.05, 3.63) is 29.3 Å². The third-order valence-corrected chi connectivity index (χ3v) is 6.47. The van der Waals surface area contributed by atoms with E-state index >= 15 is 0 Å².